The zero-order valence-corrected chi connectivity index (χ0v) is 19.6. The fraction of sp³-hybridized carbons (Fsp3) is 0.556. The quantitative estimate of drug-likeness (QED) is 0.349. The molecule has 0 saturated heterocycles. The van der Waals surface area contributed by atoms with Gasteiger partial charge in [-0.15, -0.1) is 46.7 Å². The van der Waals surface area contributed by atoms with Crippen LogP contribution in [0.1, 0.15) is 48.8 Å². The first-order chi connectivity index (χ1) is 11.4. The first-order valence-corrected chi connectivity index (χ1v) is 10.2. The molecule has 2 N–H and O–H groups in total. The average Bonchev–Trinajstić information content (AvgIpc) is 3.13. The van der Waals surface area contributed by atoms with Crippen molar-refractivity contribution in [1.82, 2.24) is 15.6 Å². The molecule has 4 nitrogen and oxygen atoms in total. The minimum atomic E-state index is 0. The van der Waals surface area contributed by atoms with Gasteiger partial charge in [0.15, 0.2) is 5.96 Å². The van der Waals surface area contributed by atoms with E-state index in [1.165, 1.54) is 21.1 Å². The second-order valence-electron chi connectivity index (χ2n) is 6.78. The number of hydrogen-bond donors (Lipinski definition) is 2. The van der Waals surface area contributed by atoms with Crippen LogP contribution >= 0.6 is 46.7 Å². The van der Waals surface area contributed by atoms with Crippen molar-refractivity contribution in [2.45, 2.75) is 53.0 Å². The first kappa shape index (κ1) is 22.4. The molecule has 140 valence electrons. The normalized spacial score (nSPS) is 12.0. The average molecular weight is 492 g/mol. The predicted octanol–water partition coefficient (Wildman–Crippen LogP) is 4.73. The number of aliphatic imine (C=N–C) groups is 1. The molecule has 2 rings (SSSR count). The summed E-state index contributed by atoms with van der Waals surface area (Å²) in [6, 6.07) is 2.14. The molecule has 0 fully saturated rings. The molecular formula is C18H29IN4S2. The van der Waals surface area contributed by atoms with Crippen molar-refractivity contribution in [2.75, 3.05) is 13.1 Å². The fourth-order valence-corrected chi connectivity index (χ4v) is 3.97. The number of thiophene rings is 1. The molecule has 0 spiro atoms. The van der Waals surface area contributed by atoms with E-state index in [1.54, 1.807) is 22.7 Å². The number of rotatable bonds is 6. The second kappa shape index (κ2) is 10.5. The van der Waals surface area contributed by atoms with E-state index < -0.39 is 0 Å². The Morgan fingerprint density at radius 2 is 2.00 bits per heavy atom. The number of nitrogens with one attached hydrogen (secondary N) is 2. The van der Waals surface area contributed by atoms with Crippen LogP contribution in [-0.2, 0) is 18.4 Å². The Hall–Kier alpha value is -0.670. The van der Waals surface area contributed by atoms with E-state index in [0.717, 1.165) is 32.0 Å². The third-order valence-electron chi connectivity index (χ3n) is 3.64. The summed E-state index contributed by atoms with van der Waals surface area (Å²) in [7, 11) is 0. The smallest absolute Gasteiger partial charge is 0.191 e. The largest absolute Gasteiger partial charge is 0.357 e. The summed E-state index contributed by atoms with van der Waals surface area (Å²) in [6.07, 6.45) is 0.920. The lowest BCUT2D eigenvalue weighted by Crippen LogP contribution is -2.38. The van der Waals surface area contributed by atoms with E-state index in [0.29, 0.717) is 0 Å². The zero-order chi connectivity index (χ0) is 17.6. The Bertz CT molecular complexity index is 671. The predicted molar refractivity (Wildman–Crippen MR) is 122 cm³/mol. The van der Waals surface area contributed by atoms with Crippen LogP contribution in [0.2, 0.25) is 0 Å². The summed E-state index contributed by atoms with van der Waals surface area (Å²) in [5.74, 6) is 0.873. The first-order valence-electron chi connectivity index (χ1n) is 8.40. The van der Waals surface area contributed by atoms with Gasteiger partial charge in [-0.2, -0.15) is 0 Å². The summed E-state index contributed by atoms with van der Waals surface area (Å²) < 4.78 is 0. The summed E-state index contributed by atoms with van der Waals surface area (Å²) in [6.45, 7) is 13.3. The molecule has 0 aromatic carbocycles. The van der Waals surface area contributed by atoms with Gasteiger partial charge in [-0.05, 0) is 30.9 Å². The minimum Gasteiger partial charge on any atom is -0.357 e. The molecular weight excluding hydrogens is 463 g/mol. The van der Waals surface area contributed by atoms with E-state index in [9.17, 15) is 0 Å². The molecule has 7 heteroatoms. The lowest BCUT2D eigenvalue weighted by atomic mass is 9.93. The highest BCUT2D eigenvalue weighted by Crippen LogP contribution is 2.23. The van der Waals surface area contributed by atoms with Crippen LogP contribution in [0.5, 0.6) is 0 Å². The maximum atomic E-state index is 4.74. The summed E-state index contributed by atoms with van der Waals surface area (Å²) >= 11 is 3.51. The topological polar surface area (TPSA) is 49.3 Å². The van der Waals surface area contributed by atoms with Crippen molar-refractivity contribution >= 4 is 52.6 Å². The van der Waals surface area contributed by atoms with E-state index in [4.69, 9.17) is 4.98 Å². The maximum Gasteiger partial charge on any atom is 0.191 e. The molecule has 2 aromatic heterocycles. The van der Waals surface area contributed by atoms with E-state index in [2.05, 4.69) is 67.1 Å². The van der Waals surface area contributed by atoms with Gasteiger partial charge < -0.3 is 10.6 Å². The van der Waals surface area contributed by atoms with Crippen LogP contribution in [-0.4, -0.2) is 24.0 Å². The molecule has 0 radical (unpaired) electrons. The van der Waals surface area contributed by atoms with Gasteiger partial charge in [0.05, 0.1) is 17.2 Å². The molecule has 2 aromatic rings. The summed E-state index contributed by atoms with van der Waals surface area (Å²) in [5.41, 5.74) is 2.62. The summed E-state index contributed by atoms with van der Waals surface area (Å²) in [5, 5.41) is 12.2. The Balaban J connectivity index is 0.00000312. The van der Waals surface area contributed by atoms with Crippen molar-refractivity contribution in [3.63, 3.8) is 0 Å². The molecule has 0 amide bonds. The van der Waals surface area contributed by atoms with Crippen LogP contribution in [0.25, 0.3) is 0 Å². The van der Waals surface area contributed by atoms with E-state index >= 15 is 0 Å². The third kappa shape index (κ3) is 7.22. The standard InChI is InChI=1S/C18H28N4S2.HI/c1-6-19-17(21-11-14-13(2)8-10-23-14)20-9-7-16-22-15(12-24-16)18(3,4)5;/h8,10,12H,6-7,9,11H2,1-5H3,(H2,19,20,21);1H. The molecule has 0 bridgehead atoms. The van der Waals surface area contributed by atoms with Crippen LogP contribution in [0.15, 0.2) is 21.8 Å². The number of hydrogen-bond acceptors (Lipinski definition) is 4. The molecule has 2 heterocycles. The van der Waals surface area contributed by atoms with Crippen LogP contribution in [0.3, 0.4) is 0 Å². The fourth-order valence-electron chi connectivity index (χ4n) is 2.12. The van der Waals surface area contributed by atoms with Gasteiger partial charge in [0.25, 0.3) is 0 Å². The van der Waals surface area contributed by atoms with Gasteiger partial charge in [0.1, 0.15) is 0 Å². The lowest BCUT2D eigenvalue weighted by Gasteiger charge is -2.14. The number of aryl methyl sites for hydroxylation is 1. The van der Waals surface area contributed by atoms with Crippen molar-refractivity contribution in [3.05, 3.63) is 38.0 Å². The number of nitrogens with zero attached hydrogens (tertiary/aromatic N) is 2. The third-order valence-corrected chi connectivity index (χ3v) is 5.56. The highest BCUT2D eigenvalue weighted by molar-refractivity contribution is 14.0. The van der Waals surface area contributed by atoms with Gasteiger partial charge in [0, 0.05) is 35.2 Å². The van der Waals surface area contributed by atoms with Crippen LogP contribution < -0.4 is 10.6 Å². The van der Waals surface area contributed by atoms with E-state index in [1.807, 2.05) is 0 Å². The highest BCUT2D eigenvalue weighted by atomic mass is 127. The molecule has 0 atom stereocenters. The Morgan fingerprint density at radius 1 is 1.24 bits per heavy atom. The zero-order valence-electron chi connectivity index (χ0n) is 15.7. The minimum absolute atomic E-state index is 0. The second-order valence-corrected chi connectivity index (χ2v) is 8.72. The maximum absolute atomic E-state index is 4.74. The monoisotopic (exact) mass is 492 g/mol. The number of guanidine groups is 1. The van der Waals surface area contributed by atoms with Crippen molar-refractivity contribution in [3.8, 4) is 0 Å². The molecule has 0 aliphatic carbocycles. The Kier molecular flexibility index (Phi) is 9.37. The van der Waals surface area contributed by atoms with Gasteiger partial charge in [-0.1, -0.05) is 20.8 Å². The molecule has 0 unspecified atom stereocenters. The van der Waals surface area contributed by atoms with E-state index in [-0.39, 0.29) is 29.4 Å². The molecule has 0 saturated carbocycles. The van der Waals surface area contributed by atoms with Gasteiger partial charge >= 0.3 is 0 Å². The Labute approximate surface area is 176 Å². The number of halogens is 1. The van der Waals surface area contributed by atoms with Crippen LogP contribution in [0, 0.1) is 6.92 Å². The van der Waals surface area contributed by atoms with Crippen molar-refractivity contribution in [2.24, 2.45) is 4.99 Å². The number of thiazole rings is 1. The molecule has 0 aliphatic heterocycles. The van der Waals surface area contributed by atoms with Crippen molar-refractivity contribution in [1.29, 1.82) is 0 Å². The van der Waals surface area contributed by atoms with Crippen molar-refractivity contribution < 1.29 is 0 Å². The van der Waals surface area contributed by atoms with Gasteiger partial charge in [-0.25, -0.2) is 9.98 Å². The number of aromatic nitrogens is 1. The molecule has 25 heavy (non-hydrogen) atoms. The molecule has 0 aliphatic rings. The SMILES string of the molecule is CCNC(=NCc1sccc1C)NCCc1nc(C(C)(C)C)cs1.I. The van der Waals surface area contributed by atoms with Gasteiger partial charge in [-0.3, -0.25) is 0 Å². The van der Waals surface area contributed by atoms with Gasteiger partial charge in [0.2, 0.25) is 0 Å². The summed E-state index contributed by atoms with van der Waals surface area (Å²) in [4.78, 5) is 10.7. The van der Waals surface area contributed by atoms with Crippen LogP contribution in [0.4, 0.5) is 0 Å². The highest BCUT2D eigenvalue weighted by Gasteiger charge is 2.17. The Morgan fingerprint density at radius 3 is 2.56 bits per heavy atom. The lowest BCUT2D eigenvalue weighted by molar-refractivity contribution is 0.570.